The fraction of sp³-hybridized carbons (Fsp3) is 0.800. The number of halogens is 1. The van der Waals surface area contributed by atoms with Gasteiger partial charge in [0.25, 0.3) is 0 Å². The molecule has 0 aromatic rings. The highest BCUT2D eigenvalue weighted by Crippen LogP contribution is 2.07. The molecule has 1 amide bonds. The Morgan fingerprint density at radius 2 is 1.93 bits per heavy atom. The molecule has 0 aromatic heterocycles. The first-order chi connectivity index (χ1) is 6.80. The van der Waals surface area contributed by atoms with E-state index in [4.69, 9.17) is 4.74 Å². The predicted octanol–water partition coefficient (Wildman–Crippen LogP) is 2.25. The SMILES string of the molecule is CCC(NC(=O)OC(C)(C)C)C(=O)CBr. The second-order valence-electron chi connectivity index (χ2n) is 4.21. The Labute approximate surface area is 98.9 Å². The van der Waals surface area contributed by atoms with Gasteiger partial charge in [0, 0.05) is 0 Å². The number of alkyl halides is 1. The van der Waals surface area contributed by atoms with Crippen LogP contribution in [-0.4, -0.2) is 28.8 Å². The molecule has 0 bridgehead atoms. The average molecular weight is 280 g/mol. The van der Waals surface area contributed by atoms with Gasteiger partial charge in [0.1, 0.15) is 5.60 Å². The molecule has 0 heterocycles. The second-order valence-corrected chi connectivity index (χ2v) is 4.77. The van der Waals surface area contributed by atoms with Crippen molar-refractivity contribution in [2.75, 3.05) is 5.33 Å². The number of ether oxygens (including phenoxy) is 1. The molecule has 0 radical (unpaired) electrons. The normalized spacial score (nSPS) is 13.1. The van der Waals surface area contributed by atoms with Gasteiger partial charge in [-0.05, 0) is 27.2 Å². The summed E-state index contributed by atoms with van der Waals surface area (Å²) in [6, 6.07) is -0.473. The van der Waals surface area contributed by atoms with Gasteiger partial charge in [-0.1, -0.05) is 22.9 Å². The van der Waals surface area contributed by atoms with Crippen LogP contribution in [0.15, 0.2) is 0 Å². The van der Waals surface area contributed by atoms with Crippen LogP contribution in [0.4, 0.5) is 4.79 Å². The lowest BCUT2D eigenvalue weighted by molar-refractivity contribution is -0.118. The molecule has 0 saturated heterocycles. The molecule has 1 N–H and O–H groups in total. The number of Topliss-reactive ketones (excluding diaryl/α,β-unsaturated/α-hetero) is 1. The van der Waals surface area contributed by atoms with E-state index in [1.165, 1.54) is 0 Å². The quantitative estimate of drug-likeness (QED) is 0.803. The van der Waals surface area contributed by atoms with E-state index in [0.717, 1.165) is 0 Å². The number of carbonyl (C=O) groups is 2. The Morgan fingerprint density at radius 3 is 2.27 bits per heavy atom. The largest absolute Gasteiger partial charge is 0.444 e. The lowest BCUT2D eigenvalue weighted by atomic mass is 10.1. The van der Waals surface area contributed by atoms with Gasteiger partial charge in [-0.15, -0.1) is 0 Å². The zero-order chi connectivity index (χ0) is 12.1. The van der Waals surface area contributed by atoms with Crippen LogP contribution >= 0.6 is 15.9 Å². The molecular weight excluding hydrogens is 262 g/mol. The van der Waals surface area contributed by atoms with Crippen LogP contribution in [0.2, 0.25) is 0 Å². The number of nitrogens with one attached hydrogen (secondary N) is 1. The lowest BCUT2D eigenvalue weighted by Gasteiger charge is -2.22. The molecule has 4 nitrogen and oxygen atoms in total. The lowest BCUT2D eigenvalue weighted by Crippen LogP contribution is -2.43. The number of ketones is 1. The zero-order valence-corrected chi connectivity index (χ0v) is 11.2. The van der Waals surface area contributed by atoms with E-state index in [0.29, 0.717) is 6.42 Å². The summed E-state index contributed by atoms with van der Waals surface area (Å²) in [6.07, 6.45) is 0.00703. The summed E-state index contributed by atoms with van der Waals surface area (Å²) in [7, 11) is 0. The minimum atomic E-state index is -0.552. The van der Waals surface area contributed by atoms with Gasteiger partial charge in [-0.3, -0.25) is 4.79 Å². The van der Waals surface area contributed by atoms with Crippen molar-refractivity contribution in [3.8, 4) is 0 Å². The number of hydrogen-bond donors (Lipinski definition) is 1. The van der Waals surface area contributed by atoms with Crippen molar-refractivity contribution in [2.24, 2.45) is 0 Å². The molecular formula is C10H18BrNO3. The van der Waals surface area contributed by atoms with Crippen molar-refractivity contribution in [2.45, 2.75) is 45.8 Å². The van der Waals surface area contributed by atoms with Gasteiger partial charge >= 0.3 is 6.09 Å². The van der Waals surface area contributed by atoms with Gasteiger partial charge < -0.3 is 10.1 Å². The standard InChI is InChI=1S/C10H18BrNO3/c1-5-7(8(13)6-11)12-9(14)15-10(2,3)4/h7H,5-6H2,1-4H3,(H,12,14). The summed E-state index contributed by atoms with van der Waals surface area (Å²) in [6.45, 7) is 7.17. The Kier molecular flexibility index (Phi) is 5.87. The molecule has 0 spiro atoms. The third kappa shape index (κ3) is 6.49. The Balaban J connectivity index is 4.20. The molecule has 88 valence electrons. The number of hydrogen-bond acceptors (Lipinski definition) is 3. The molecule has 0 fully saturated rings. The summed E-state index contributed by atoms with van der Waals surface area (Å²) in [5.74, 6) is -0.0524. The van der Waals surface area contributed by atoms with E-state index in [1.807, 2.05) is 6.92 Å². The zero-order valence-electron chi connectivity index (χ0n) is 9.59. The summed E-state index contributed by atoms with van der Waals surface area (Å²) >= 11 is 3.07. The monoisotopic (exact) mass is 279 g/mol. The molecule has 1 unspecified atom stereocenters. The fourth-order valence-corrected chi connectivity index (χ4v) is 1.34. The summed E-state index contributed by atoms with van der Waals surface area (Å²) in [5, 5.41) is 2.77. The van der Waals surface area contributed by atoms with Gasteiger partial charge in [0.2, 0.25) is 0 Å². The van der Waals surface area contributed by atoms with Gasteiger partial charge in [-0.25, -0.2) is 4.79 Å². The van der Waals surface area contributed by atoms with E-state index >= 15 is 0 Å². The molecule has 1 atom stereocenters. The number of rotatable bonds is 4. The molecule has 0 aliphatic rings. The topological polar surface area (TPSA) is 55.4 Å². The van der Waals surface area contributed by atoms with Crippen molar-refractivity contribution in [1.29, 1.82) is 0 Å². The van der Waals surface area contributed by atoms with E-state index in [-0.39, 0.29) is 11.1 Å². The third-order valence-electron chi connectivity index (χ3n) is 1.62. The highest BCUT2D eigenvalue weighted by molar-refractivity contribution is 9.09. The maximum Gasteiger partial charge on any atom is 0.408 e. The van der Waals surface area contributed by atoms with Crippen molar-refractivity contribution in [3.63, 3.8) is 0 Å². The van der Waals surface area contributed by atoms with Gasteiger partial charge in [0.05, 0.1) is 11.4 Å². The first-order valence-corrected chi connectivity index (χ1v) is 6.00. The molecule has 0 aliphatic carbocycles. The smallest absolute Gasteiger partial charge is 0.408 e. The summed E-state index contributed by atoms with van der Waals surface area (Å²) in [5.41, 5.74) is -0.542. The van der Waals surface area contributed by atoms with E-state index in [2.05, 4.69) is 21.2 Å². The minimum absolute atomic E-state index is 0.0524. The second kappa shape index (κ2) is 6.10. The predicted molar refractivity (Wildman–Crippen MR) is 62.2 cm³/mol. The summed E-state index contributed by atoms with van der Waals surface area (Å²) in [4.78, 5) is 22.7. The van der Waals surface area contributed by atoms with Crippen molar-refractivity contribution in [1.82, 2.24) is 5.32 Å². The van der Waals surface area contributed by atoms with Crippen LogP contribution < -0.4 is 5.32 Å². The molecule has 0 saturated carbocycles. The maximum atomic E-state index is 11.3. The van der Waals surface area contributed by atoms with Crippen molar-refractivity contribution < 1.29 is 14.3 Å². The van der Waals surface area contributed by atoms with E-state index in [9.17, 15) is 9.59 Å². The molecule has 0 rings (SSSR count). The van der Waals surface area contributed by atoms with Crippen LogP contribution in [-0.2, 0) is 9.53 Å². The molecule has 0 aromatic carbocycles. The van der Waals surface area contributed by atoms with Crippen LogP contribution in [0.3, 0.4) is 0 Å². The molecule has 0 aliphatic heterocycles. The number of amides is 1. The van der Waals surface area contributed by atoms with Crippen LogP contribution in [0.5, 0.6) is 0 Å². The van der Waals surface area contributed by atoms with E-state index in [1.54, 1.807) is 20.8 Å². The summed E-state index contributed by atoms with van der Waals surface area (Å²) < 4.78 is 5.05. The fourth-order valence-electron chi connectivity index (χ4n) is 0.953. The van der Waals surface area contributed by atoms with Gasteiger partial charge in [-0.2, -0.15) is 0 Å². The van der Waals surface area contributed by atoms with Gasteiger partial charge in [0.15, 0.2) is 5.78 Å². The van der Waals surface area contributed by atoms with Crippen LogP contribution in [0.25, 0.3) is 0 Å². The van der Waals surface area contributed by atoms with Crippen molar-refractivity contribution in [3.05, 3.63) is 0 Å². The van der Waals surface area contributed by atoms with Crippen LogP contribution in [0, 0.1) is 0 Å². The first-order valence-electron chi connectivity index (χ1n) is 4.88. The highest BCUT2D eigenvalue weighted by atomic mass is 79.9. The third-order valence-corrected chi connectivity index (χ3v) is 2.17. The number of carbonyl (C=O) groups excluding carboxylic acids is 2. The van der Waals surface area contributed by atoms with Crippen molar-refractivity contribution >= 4 is 27.8 Å². The Morgan fingerprint density at radius 1 is 1.40 bits per heavy atom. The molecule has 5 heteroatoms. The first kappa shape index (κ1) is 14.4. The minimum Gasteiger partial charge on any atom is -0.444 e. The average Bonchev–Trinajstić information content (AvgIpc) is 2.10. The number of alkyl carbamates (subject to hydrolysis) is 1. The molecule has 15 heavy (non-hydrogen) atoms. The Hall–Kier alpha value is -0.580. The highest BCUT2D eigenvalue weighted by Gasteiger charge is 2.21. The van der Waals surface area contributed by atoms with E-state index < -0.39 is 17.7 Å². The van der Waals surface area contributed by atoms with Crippen LogP contribution in [0.1, 0.15) is 34.1 Å². The Bertz CT molecular complexity index is 235. The maximum absolute atomic E-state index is 11.3.